The van der Waals surface area contributed by atoms with Gasteiger partial charge >= 0.3 is 0 Å². The minimum Gasteiger partial charge on any atom is -0.262 e. The number of aromatic nitrogens is 2. The van der Waals surface area contributed by atoms with E-state index in [1.807, 2.05) is 28.3 Å². The lowest BCUT2D eigenvalue weighted by Gasteiger charge is -2.12. The molecular weight excluding hydrogens is 371 g/mol. The maximum absolute atomic E-state index is 14.5. The first-order valence-corrected chi connectivity index (χ1v) is 10.7. The Morgan fingerprint density at radius 1 is 0.964 bits per heavy atom. The van der Waals surface area contributed by atoms with Gasteiger partial charge in [-0.25, -0.2) is 14.1 Å². The summed E-state index contributed by atoms with van der Waals surface area (Å²) in [5.74, 6) is -0.250. The molecule has 0 unspecified atom stereocenters. The Kier molecular flexibility index (Phi) is 6.07. The van der Waals surface area contributed by atoms with Crippen molar-refractivity contribution in [3.63, 3.8) is 0 Å². The average Bonchev–Trinajstić information content (AvgIpc) is 3.07. The second-order valence-corrected chi connectivity index (χ2v) is 7.79. The van der Waals surface area contributed by atoms with E-state index in [0.717, 1.165) is 41.9 Å². The third-order valence-electron chi connectivity index (χ3n) is 4.88. The van der Waals surface area contributed by atoms with Gasteiger partial charge in [-0.1, -0.05) is 31.4 Å². The third kappa shape index (κ3) is 4.44. The molecule has 1 fully saturated rings. The molecular formula is C22H23FN4S. The average molecular weight is 395 g/mol. The summed E-state index contributed by atoms with van der Waals surface area (Å²) in [7, 11) is 0. The zero-order valence-electron chi connectivity index (χ0n) is 15.7. The number of hydrogen-bond donors (Lipinski definition) is 0. The first kappa shape index (κ1) is 18.7. The number of rotatable bonds is 3. The number of pyridine rings is 1. The van der Waals surface area contributed by atoms with E-state index in [0.29, 0.717) is 5.56 Å². The smallest absolute Gasteiger partial charge is 0.211 e. The normalized spacial score (nSPS) is 15.9. The van der Waals surface area contributed by atoms with Crippen LogP contribution in [0.3, 0.4) is 0 Å². The van der Waals surface area contributed by atoms with Gasteiger partial charge in [0.25, 0.3) is 0 Å². The van der Waals surface area contributed by atoms with Gasteiger partial charge in [-0.15, -0.1) is 11.3 Å². The molecule has 4 nitrogen and oxygen atoms in total. The van der Waals surface area contributed by atoms with Crippen LogP contribution in [0, 0.1) is 5.82 Å². The van der Waals surface area contributed by atoms with Gasteiger partial charge in [0.2, 0.25) is 4.80 Å². The van der Waals surface area contributed by atoms with Gasteiger partial charge in [0.1, 0.15) is 5.82 Å². The molecule has 0 N–H and O–H groups in total. The monoisotopic (exact) mass is 394 g/mol. The lowest BCUT2D eigenvalue weighted by Crippen LogP contribution is -2.15. The van der Waals surface area contributed by atoms with E-state index in [4.69, 9.17) is 10.1 Å². The van der Waals surface area contributed by atoms with Crippen LogP contribution >= 0.6 is 11.3 Å². The summed E-state index contributed by atoms with van der Waals surface area (Å²) >= 11 is 1.47. The van der Waals surface area contributed by atoms with E-state index in [9.17, 15) is 4.39 Å². The first-order chi connectivity index (χ1) is 13.8. The Hall–Kier alpha value is -2.60. The molecule has 0 amide bonds. The molecule has 0 atom stereocenters. The summed E-state index contributed by atoms with van der Waals surface area (Å²) < 4.78 is 16.3. The summed E-state index contributed by atoms with van der Waals surface area (Å²) in [6.07, 6.45) is 11.6. The van der Waals surface area contributed by atoms with Gasteiger partial charge in [-0.3, -0.25) is 4.98 Å². The minimum absolute atomic E-state index is 0.250. The standard InChI is InChI=1S/C22H23FN4S/c23-20-13-7-6-12-19(20)21-16-28-22(25-18-11-8-14-24-15-18)27(21)26-17-9-4-2-1-3-5-10-17/h6-8,11-16H,1-5,9-10H2. The SMILES string of the molecule is Fc1ccccc1-c1csc(=Nc2cccnc2)n1N=C1CCCCCCC1. The summed E-state index contributed by atoms with van der Waals surface area (Å²) in [6.45, 7) is 0. The van der Waals surface area contributed by atoms with E-state index in [2.05, 4.69) is 4.98 Å². The van der Waals surface area contributed by atoms with E-state index in [1.54, 1.807) is 24.5 Å². The maximum atomic E-state index is 14.5. The topological polar surface area (TPSA) is 42.5 Å². The molecule has 0 aliphatic heterocycles. The van der Waals surface area contributed by atoms with Crippen molar-refractivity contribution in [1.82, 2.24) is 9.66 Å². The van der Waals surface area contributed by atoms with E-state index < -0.39 is 0 Å². The van der Waals surface area contributed by atoms with Crippen molar-refractivity contribution in [2.24, 2.45) is 10.1 Å². The van der Waals surface area contributed by atoms with Crippen LogP contribution in [0.2, 0.25) is 0 Å². The van der Waals surface area contributed by atoms with Crippen LogP contribution in [0.1, 0.15) is 44.9 Å². The second kappa shape index (κ2) is 9.06. The predicted molar refractivity (Wildman–Crippen MR) is 112 cm³/mol. The van der Waals surface area contributed by atoms with Crippen molar-refractivity contribution >= 4 is 22.7 Å². The summed E-state index contributed by atoms with van der Waals surface area (Å²) in [6, 6.07) is 10.6. The van der Waals surface area contributed by atoms with Gasteiger partial charge in [0.05, 0.1) is 17.6 Å². The zero-order valence-corrected chi connectivity index (χ0v) is 16.5. The predicted octanol–water partition coefficient (Wildman–Crippen LogP) is 5.93. The summed E-state index contributed by atoms with van der Waals surface area (Å²) in [5, 5.41) is 6.89. The fourth-order valence-electron chi connectivity index (χ4n) is 3.41. The molecule has 0 bridgehead atoms. The van der Waals surface area contributed by atoms with Gasteiger partial charge in [-0.05, 0) is 49.9 Å². The molecule has 0 saturated heterocycles. The van der Waals surface area contributed by atoms with Crippen molar-refractivity contribution in [1.29, 1.82) is 0 Å². The van der Waals surface area contributed by atoms with Crippen LogP contribution in [0.4, 0.5) is 10.1 Å². The molecule has 6 heteroatoms. The molecule has 4 rings (SSSR count). The fourth-order valence-corrected chi connectivity index (χ4v) is 4.25. The van der Waals surface area contributed by atoms with E-state index in [-0.39, 0.29) is 5.82 Å². The van der Waals surface area contributed by atoms with Crippen molar-refractivity contribution in [3.05, 3.63) is 64.8 Å². The van der Waals surface area contributed by atoms with Crippen LogP contribution in [-0.4, -0.2) is 15.4 Å². The molecule has 1 aromatic carbocycles. The highest BCUT2D eigenvalue weighted by atomic mass is 32.1. The molecule has 1 aliphatic rings. The summed E-state index contributed by atoms with van der Waals surface area (Å²) in [5.41, 5.74) is 3.21. The van der Waals surface area contributed by atoms with Crippen LogP contribution in [0.25, 0.3) is 11.3 Å². The van der Waals surface area contributed by atoms with Crippen LogP contribution in [0.15, 0.2) is 64.3 Å². The van der Waals surface area contributed by atoms with Crippen molar-refractivity contribution < 1.29 is 4.39 Å². The maximum Gasteiger partial charge on any atom is 0.211 e. The highest BCUT2D eigenvalue weighted by Gasteiger charge is 2.13. The fraction of sp³-hybridized carbons (Fsp3) is 0.318. The number of halogens is 1. The van der Waals surface area contributed by atoms with E-state index >= 15 is 0 Å². The Morgan fingerprint density at radius 3 is 2.50 bits per heavy atom. The third-order valence-corrected chi connectivity index (χ3v) is 5.69. The number of hydrogen-bond acceptors (Lipinski definition) is 4. The van der Waals surface area contributed by atoms with Crippen molar-refractivity contribution in [3.8, 4) is 11.3 Å². The van der Waals surface area contributed by atoms with Crippen LogP contribution < -0.4 is 4.80 Å². The molecule has 144 valence electrons. The van der Waals surface area contributed by atoms with Gasteiger partial charge < -0.3 is 0 Å². The molecule has 2 aromatic heterocycles. The lowest BCUT2D eigenvalue weighted by molar-refractivity contribution is 0.602. The molecule has 3 aromatic rings. The van der Waals surface area contributed by atoms with Crippen LogP contribution in [-0.2, 0) is 0 Å². The Labute approximate surface area is 168 Å². The lowest BCUT2D eigenvalue weighted by atomic mass is 9.99. The van der Waals surface area contributed by atoms with E-state index in [1.165, 1.54) is 42.4 Å². The van der Waals surface area contributed by atoms with Crippen LogP contribution in [0.5, 0.6) is 0 Å². The van der Waals surface area contributed by atoms with Crippen molar-refractivity contribution in [2.45, 2.75) is 44.9 Å². The number of nitrogens with zero attached hydrogens (tertiary/aromatic N) is 4. The van der Waals surface area contributed by atoms with Gasteiger partial charge in [-0.2, -0.15) is 5.10 Å². The largest absolute Gasteiger partial charge is 0.262 e. The molecule has 1 saturated carbocycles. The zero-order chi connectivity index (χ0) is 19.2. The first-order valence-electron chi connectivity index (χ1n) is 9.78. The second-order valence-electron chi connectivity index (χ2n) is 6.95. The highest BCUT2D eigenvalue weighted by molar-refractivity contribution is 7.07. The highest BCUT2D eigenvalue weighted by Crippen LogP contribution is 2.24. The molecule has 0 radical (unpaired) electrons. The quantitative estimate of drug-likeness (QED) is 0.543. The minimum atomic E-state index is -0.250. The Morgan fingerprint density at radius 2 is 1.75 bits per heavy atom. The van der Waals surface area contributed by atoms with Gasteiger partial charge in [0.15, 0.2) is 0 Å². The van der Waals surface area contributed by atoms with Crippen molar-refractivity contribution in [2.75, 3.05) is 0 Å². The molecule has 0 spiro atoms. The number of thiazole rings is 1. The number of benzene rings is 1. The van der Waals surface area contributed by atoms with Gasteiger partial charge in [0, 0.05) is 22.9 Å². The molecule has 28 heavy (non-hydrogen) atoms. The Balaban J connectivity index is 1.84. The molecule has 1 aliphatic carbocycles. The Bertz CT molecular complexity index is 1010. The molecule has 2 heterocycles. The summed E-state index contributed by atoms with van der Waals surface area (Å²) in [4.78, 5) is 9.57.